The summed E-state index contributed by atoms with van der Waals surface area (Å²) in [6.07, 6.45) is 0.889. The quantitative estimate of drug-likeness (QED) is 0.788. The maximum atomic E-state index is 13.4. The van der Waals surface area contributed by atoms with Gasteiger partial charge in [-0.2, -0.15) is 0 Å². The number of halogens is 2. The Bertz CT molecular complexity index is 758. The number of anilines is 1. The van der Waals surface area contributed by atoms with Crippen LogP contribution < -0.4 is 15.5 Å². The maximum Gasteiger partial charge on any atom is 0.332 e. The number of hydrogen-bond acceptors (Lipinski definition) is 3. The molecule has 5 amide bonds. The molecule has 0 aromatic heterocycles. The number of hydrogen-bond donors (Lipinski definition) is 2. The summed E-state index contributed by atoms with van der Waals surface area (Å²) in [7, 11) is 0. The van der Waals surface area contributed by atoms with Gasteiger partial charge in [0.25, 0.3) is 5.91 Å². The van der Waals surface area contributed by atoms with Crippen molar-refractivity contribution in [2.75, 3.05) is 11.4 Å². The summed E-state index contributed by atoms with van der Waals surface area (Å²) in [5, 5.41) is 5.42. The third kappa shape index (κ3) is 3.46. The highest BCUT2D eigenvalue weighted by atomic mass is 35.5. The number of nitrogens with one attached hydrogen (secondary N) is 2. The minimum atomic E-state index is -0.649. The van der Waals surface area contributed by atoms with Gasteiger partial charge in [-0.1, -0.05) is 11.6 Å². The molecule has 7 nitrogen and oxygen atoms in total. The lowest BCUT2D eigenvalue weighted by Crippen LogP contribution is -2.52. The zero-order valence-electron chi connectivity index (χ0n) is 14.5. The Balaban J connectivity index is 1.74. The van der Waals surface area contributed by atoms with E-state index in [2.05, 4.69) is 10.6 Å². The highest BCUT2D eigenvalue weighted by Gasteiger charge is 2.48. The van der Waals surface area contributed by atoms with E-state index in [1.165, 1.54) is 17.0 Å². The van der Waals surface area contributed by atoms with E-state index in [1.54, 1.807) is 0 Å². The van der Waals surface area contributed by atoms with E-state index in [0.29, 0.717) is 19.4 Å². The van der Waals surface area contributed by atoms with Gasteiger partial charge in [0.05, 0.1) is 10.7 Å². The van der Waals surface area contributed by atoms with Crippen LogP contribution in [0.2, 0.25) is 5.02 Å². The van der Waals surface area contributed by atoms with Crippen LogP contribution in [0, 0.1) is 5.82 Å². The second-order valence-corrected chi connectivity index (χ2v) is 7.16. The maximum absolute atomic E-state index is 13.4. The molecular weight excluding hydrogens is 363 g/mol. The number of benzene rings is 1. The summed E-state index contributed by atoms with van der Waals surface area (Å²) < 4.78 is 13.4. The predicted molar refractivity (Wildman–Crippen MR) is 94.6 cm³/mol. The molecule has 2 saturated heterocycles. The van der Waals surface area contributed by atoms with Crippen molar-refractivity contribution in [1.29, 1.82) is 0 Å². The summed E-state index contributed by atoms with van der Waals surface area (Å²) in [5.41, 5.74) is 0.239. The molecule has 26 heavy (non-hydrogen) atoms. The van der Waals surface area contributed by atoms with Gasteiger partial charge >= 0.3 is 12.1 Å². The number of carbonyl (C=O) groups is 3. The van der Waals surface area contributed by atoms with Crippen LogP contribution in [0.4, 0.5) is 19.7 Å². The molecule has 0 bridgehead atoms. The highest BCUT2D eigenvalue weighted by molar-refractivity contribution is 6.31. The Morgan fingerprint density at radius 2 is 2.08 bits per heavy atom. The van der Waals surface area contributed by atoms with Crippen LogP contribution in [0.5, 0.6) is 0 Å². The molecule has 1 aromatic carbocycles. The van der Waals surface area contributed by atoms with E-state index in [0.717, 1.165) is 11.0 Å². The molecule has 2 unspecified atom stereocenters. The Kier molecular flexibility index (Phi) is 5.04. The molecule has 2 aliphatic rings. The molecule has 2 heterocycles. The number of rotatable bonds is 3. The molecule has 2 atom stereocenters. The first-order valence-corrected chi connectivity index (χ1v) is 8.82. The van der Waals surface area contributed by atoms with Gasteiger partial charge in [-0.3, -0.25) is 4.79 Å². The first kappa shape index (κ1) is 18.4. The third-order valence-electron chi connectivity index (χ3n) is 4.46. The van der Waals surface area contributed by atoms with Crippen molar-refractivity contribution < 1.29 is 18.8 Å². The Morgan fingerprint density at radius 3 is 2.73 bits per heavy atom. The SMILES string of the molecule is CC(C)NC(=O)NC1CCN2C(=O)N(c3ccc(F)c(Cl)c3)C(=O)C2C1. The fourth-order valence-corrected chi connectivity index (χ4v) is 3.46. The molecule has 0 aliphatic carbocycles. The minimum absolute atomic E-state index is 0.00324. The number of fused-ring (bicyclic) bond motifs is 1. The van der Waals surface area contributed by atoms with Gasteiger partial charge < -0.3 is 15.5 Å². The second-order valence-electron chi connectivity index (χ2n) is 6.76. The van der Waals surface area contributed by atoms with Crippen LogP contribution in [0.3, 0.4) is 0 Å². The molecule has 2 fully saturated rings. The summed E-state index contributed by atoms with van der Waals surface area (Å²) in [6.45, 7) is 4.06. The number of piperidine rings is 1. The average Bonchev–Trinajstić information content (AvgIpc) is 2.80. The van der Waals surface area contributed by atoms with Crippen LogP contribution in [-0.2, 0) is 4.79 Å². The molecule has 2 N–H and O–H groups in total. The Hall–Kier alpha value is -2.35. The lowest BCUT2D eigenvalue weighted by Gasteiger charge is -2.32. The normalized spacial score (nSPS) is 22.7. The van der Waals surface area contributed by atoms with Crippen molar-refractivity contribution in [2.24, 2.45) is 0 Å². The first-order valence-electron chi connectivity index (χ1n) is 8.44. The number of carbonyl (C=O) groups excluding carboxylic acids is 3. The van der Waals surface area contributed by atoms with Crippen LogP contribution >= 0.6 is 11.6 Å². The number of urea groups is 2. The third-order valence-corrected chi connectivity index (χ3v) is 4.75. The largest absolute Gasteiger partial charge is 0.336 e. The van der Waals surface area contributed by atoms with Gasteiger partial charge in [0.2, 0.25) is 0 Å². The second kappa shape index (κ2) is 7.11. The highest BCUT2D eigenvalue weighted by Crippen LogP contribution is 2.32. The van der Waals surface area contributed by atoms with Gasteiger partial charge in [0, 0.05) is 18.6 Å². The van der Waals surface area contributed by atoms with Crippen molar-refractivity contribution in [1.82, 2.24) is 15.5 Å². The number of nitrogens with zero attached hydrogens (tertiary/aromatic N) is 2. The van der Waals surface area contributed by atoms with Crippen LogP contribution in [0.1, 0.15) is 26.7 Å². The standard InChI is InChI=1S/C17H20ClFN4O3/c1-9(2)20-16(25)21-10-5-6-22-14(7-10)15(24)23(17(22)26)11-3-4-13(19)12(18)8-11/h3-4,8-10,14H,5-7H2,1-2H3,(H2,20,21,25). The fourth-order valence-electron chi connectivity index (χ4n) is 3.28. The molecule has 0 radical (unpaired) electrons. The summed E-state index contributed by atoms with van der Waals surface area (Å²) >= 11 is 5.77. The lowest BCUT2D eigenvalue weighted by atomic mass is 9.98. The van der Waals surface area contributed by atoms with E-state index in [4.69, 9.17) is 11.6 Å². The van der Waals surface area contributed by atoms with Crippen LogP contribution in [0.15, 0.2) is 18.2 Å². The van der Waals surface area contributed by atoms with Crippen molar-refractivity contribution in [3.05, 3.63) is 29.0 Å². The van der Waals surface area contributed by atoms with Crippen LogP contribution in [-0.4, -0.2) is 47.5 Å². The van der Waals surface area contributed by atoms with Crippen molar-refractivity contribution in [3.63, 3.8) is 0 Å². The minimum Gasteiger partial charge on any atom is -0.336 e. The average molecular weight is 383 g/mol. The molecule has 2 aliphatic heterocycles. The Morgan fingerprint density at radius 1 is 1.35 bits per heavy atom. The molecule has 0 saturated carbocycles. The molecular formula is C17H20ClFN4O3. The van der Waals surface area contributed by atoms with Gasteiger partial charge in [-0.05, 0) is 44.9 Å². The summed E-state index contributed by atoms with van der Waals surface area (Å²) in [4.78, 5) is 39.7. The van der Waals surface area contributed by atoms with Crippen molar-refractivity contribution in [2.45, 2.75) is 44.8 Å². The number of amides is 5. The zero-order chi connectivity index (χ0) is 19.0. The monoisotopic (exact) mass is 382 g/mol. The van der Waals surface area contributed by atoms with Crippen molar-refractivity contribution in [3.8, 4) is 0 Å². The van der Waals surface area contributed by atoms with E-state index in [-0.39, 0.29) is 28.8 Å². The Labute approximate surface area is 155 Å². The molecule has 9 heteroatoms. The molecule has 1 aromatic rings. The van der Waals surface area contributed by atoms with Crippen LogP contribution in [0.25, 0.3) is 0 Å². The van der Waals surface area contributed by atoms with E-state index < -0.39 is 23.8 Å². The lowest BCUT2D eigenvalue weighted by molar-refractivity contribution is -0.120. The molecule has 140 valence electrons. The fraction of sp³-hybridized carbons (Fsp3) is 0.471. The van der Waals surface area contributed by atoms with E-state index in [9.17, 15) is 18.8 Å². The number of imide groups is 1. The van der Waals surface area contributed by atoms with E-state index in [1.807, 2.05) is 13.8 Å². The van der Waals surface area contributed by atoms with Gasteiger partial charge in [0.15, 0.2) is 0 Å². The predicted octanol–water partition coefficient (Wildman–Crippen LogP) is 2.49. The molecule has 3 rings (SSSR count). The van der Waals surface area contributed by atoms with Crippen molar-refractivity contribution >= 4 is 35.3 Å². The van der Waals surface area contributed by atoms with Gasteiger partial charge in [0.1, 0.15) is 11.9 Å². The smallest absolute Gasteiger partial charge is 0.332 e. The van der Waals surface area contributed by atoms with Gasteiger partial charge in [-0.25, -0.2) is 18.9 Å². The topological polar surface area (TPSA) is 81.8 Å². The first-order chi connectivity index (χ1) is 12.3. The van der Waals surface area contributed by atoms with E-state index >= 15 is 0 Å². The zero-order valence-corrected chi connectivity index (χ0v) is 15.2. The summed E-state index contributed by atoms with van der Waals surface area (Å²) in [6, 6.07) is 2.13. The molecule has 0 spiro atoms. The summed E-state index contributed by atoms with van der Waals surface area (Å²) in [5.74, 6) is -1.01. The van der Waals surface area contributed by atoms with Gasteiger partial charge in [-0.15, -0.1) is 0 Å².